The van der Waals surface area contributed by atoms with Gasteiger partial charge in [0.05, 0.1) is 28.2 Å². The molecule has 0 aliphatic carbocycles. The number of aromatic nitrogens is 2. The highest BCUT2D eigenvalue weighted by molar-refractivity contribution is 9.13. The third kappa shape index (κ3) is 3.43. The fraction of sp³-hybridized carbons (Fsp3) is 0.222. The Kier molecular flexibility index (Phi) is 5.44. The Balaban J connectivity index is 2.01. The molecule has 1 aromatic carbocycles. The van der Waals surface area contributed by atoms with Gasteiger partial charge in [-0.3, -0.25) is 0 Å². The molecule has 2 heterocycles. The minimum atomic E-state index is -0.637. The Morgan fingerprint density at radius 1 is 1.28 bits per heavy atom. The van der Waals surface area contributed by atoms with Crippen LogP contribution in [0.3, 0.4) is 0 Å². The van der Waals surface area contributed by atoms with E-state index in [0.717, 1.165) is 16.5 Å². The van der Waals surface area contributed by atoms with Gasteiger partial charge in [0, 0.05) is 6.54 Å². The summed E-state index contributed by atoms with van der Waals surface area (Å²) in [5.41, 5.74) is 1.87. The first-order chi connectivity index (χ1) is 12.0. The fourth-order valence-corrected chi connectivity index (χ4v) is 3.86. The molecule has 0 fully saturated rings. The maximum Gasteiger partial charge on any atom is 0.360 e. The van der Waals surface area contributed by atoms with Crippen molar-refractivity contribution in [3.63, 3.8) is 0 Å². The van der Waals surface area contributed by atoms with Crippen LogP contribution in [0.2, 0.25) is 0 Å². The summed E-state index contributed by atoms with van der Waals surface area (Å²) in [6.07, 6.45) is 2.41. The summed E-state index contributed by atoms with van der Waals surface area (Å²) in [5, 5.41) is 11.1. The van der Waals surface area contributed by atoms with Crippen molar-refractivity contribution in [2.24, 2.45) is 0 Å². The van der Waals surface area contributed by atoms with Crippen molar-refractivity contribution < 1.29 is 14.6 Å². The number of esters is 1. The van der Waals surface area contributed by atoms with Gasteiger partial charge in [-0.2, -0.15) is 0 Å². The molecule has 0 radical (unpaired) electrons. The van der Waals surface area contributed by atoms with Crippen LogP contribution >= 0.6 is 31.9 Å². The topological polar surface area (TPSA) is 64.3 Å². The first-order valence-electron chi connectivity index (χ1n) is 7.80. The van der Waals surface area contributed by atoms with E-state index in [1.807, 2.05) is 22.8 Å². The van der Waals surface area contributed by atoms with Crippen LogP contribution < -0.4 is 0 Å². The maximum atomic E-state index is 11.9. The molecule has 0 unspecified atom stereocenters. The molecular formula is C18H16Br2N2O3. The number of benzene rings is 1. The van der Waals surface area contributed by atoms with E-state index in [-0.39, 0.29) is 18.1 Å². The van der Waals surface area contributed by atoms with Crippen LogP contribution in [-0.4, -0.2) is 27.2 Å². The van der Waals surface area contributed by atoms with Crippen molar-refractivity contribution >= 4 is 48.7 Å². The number of hydrogen-bond acceptors (Lipinski definition) is 4. The average molecular weight is 468 g/mol. The zero-order valence-corrected chi connectivity index (χ0v) is 16.7. The Morgan fingerprint density at radius 3 is 2.68 bits per heavy atom. The molecule has 25 heavy (non-hydrogen) atoms. The van der Waals surface area contributed by atoms with Crippen LogP contribution in [0.5, 0.6) is 5.75 Å². The minimum Gasteiger partial charge on any atom is -0.505 e. The second-order valence-corrected chi connectivity index (χ2v) is 6.97. The minimum absolute atomic E-state index is 0.0808. The number of fused-ring (bicyclic) bond motifs is 1. The second-order valence-electron chi connectivity index (χ2n) is 5.43. The molecule has 1 N–H and O–H groups in total. The third-order valence-corrected chi connectivity index (χ3v) is 6.03. The number of nitrogens with zero attached hydrogens (tertiary/aromatic N) is 2. The quantitative estimate of drug-likeness (QED) is 0.553. The molecule has 3 aromatic rings. The highest BCUT2D eigenvalue weighted by Crippen LogP contribution is 2.40. The Labute approximate surface area is 161 Å². The lowest BCUT2D eigenvalue weighted by Gasteiger charge is -2.08. The summed E-state index contributed by atoms with van der Waals surface area (Å²) < 4.78 is 8.42. The monoisotopic (exact) mass is 466 g/mol. The zero-order valence-electron chi connectivity index (χ0n) is 13.5. The van der Waals surface area contributed by atoms with Gasteiger partial charge in [0.25, 0.3) is 0 Å². The molecule has 0 atom stereocenters. The molecular weight excluding hydrogens is 452 g/mol. The van der Waals surface area contributed by atoms with Gasteiger partial charge in [-0.25, -0.2) is 9.78 Å². The highest BCUT2D eigenvalue weighted by atomic mass is 79.9. The van der Waals surface area contributed by atoms with Crippen molar-refractivity contribution in [1.82, 2.24) is 9.55 Å². The molecule has 0 saturated carbocycles. The highest BCUT2D eigenvalue weighted by Gasteiger charge is 2.23. The van der Waals surface area contributed by atoms with E-state index in [0.29, 0.717) is 16.4 Å². The maximum absolute atomic E-state index is 11.9. The molecule has 0 bridgehead atoms. The molecule has 5 nitrogen and oxygen atoms in total. The number of hydrogen-bond donors (Lipinski definition) is 1. The predicted molar refractivity (Wildman–Crippen MR) is 103 cm³/mol. The Hall–Kier alpha value is -1.86. The summed E-state index contributed by atoms with van der Waals surface area (Å²) in [5.74, 6) is -0.816. The van der Waals surface area contributed by atoms with Gasteiger partial charge in [0.1, 0.15) is 4.60 Å². The van der Waals surface area contributed by atoms with Crippen molar-refractivity contribution in [2.75, 3.05) is 6.61 Å². The summed E-state index contributed by atoms with van der Waals surface area (Å²) in [6, 6.07) is 10.1. The van der Waals surface area contributed by atoms with Gasteiger partial charge < -0.3 is 14.4 Å². The fourth-order valence-electron chi connectivity index (χ4n) is 2.69. The normalized spacial score (nSPS) is 11.0. The molecule has 0 amide bonds. The van der Waals surface area contributed by atoms with E-state index < -0.39 is 5.97 Å². The Bertz CT molecular complexity index is 923. The first kappa shape index (κ1) is 17.9. The number of rotatable bonds is 5. The number of aryl methyl sites for hydroxylation is 2. The summed E-state index contributed by atoms with van der Waals surface area (Å²) in [4.78, 5) is 16.1. The number of aromatic hydroxyl groups is 1. The smallest absolute Gasteiger partial charge is 0.360 e. The van der Waals surface area contributed by atoms with Crippen molar-refractivity contribution in [2.45, 2.75) is 19.9 Å². The largest absolute Gasteiger partial charge is 0.505 e. The molecule has 7 heteroatoms. The molecule has 3 rings (SSSR count). The molecule has 0 aliphatic rings. The molecule has 2 aromatic heterocycles. The molecule has 130 valence electrons. The number of carbonyl (C=O) groups excluding carboxylic acids is 1. The van der Waals surface area contributed by atoms with E-state index in [2.05, 4.69) is 49.0 Å². The van der Waals surface area contributed by atoms with E-state index in [1.54, 1.807) is 13.1 Å². The van der Waals surface area contributed by atoms with E-state index >= 15 is 0 Å². The average Bonchev–Trinajstić information content (AvgIpc) is 2.86. The van der Waals surface area contributed by atoms with Crippen molar-refractivity contribution in [3.05, 3.63) is 56.9 Å². The second kappa shape index (κ2) is 7.58. The van der Waals surface area contributed by atoms with Gasteiger partial charge in [-0.15, -0.1) is 0 Å². The van der Waals surface area contributed by atoms with Crippen molar-refractivity contribution in [1.29, 1.82) is 0 Å². The number of pyridine rings is 1. The number of carbonyl (C=O) groups is 1. The zero-order chi connectivity index (χ0) is 18.0. The third-order valence-electron chi connectivity index (χ3n) is 3.90. The Morgan fingerprint density at radius 2 is 2.00 bits per heavy atom. The van der Waals surface area contributed by atoms with Crippen LogP contribution in [0.4, 0.5) is 0 Å². The predicted octanol–water partition coefficient (Wildman–Crippen LogP) is 4.69. The number of halogens is 2. The van der Waals surface area contributed by atoms with E-state index in [9.17, 15) is 9.90 Å². The standard InChI is InChI=1S/C18H16Br2N2O3/c1-2-25-18(24)15-16(23)13-12(10-21-15)22(17(20)14(13)19)9-8-11-6-4-3-5-7-11/h3-7,10,23H,2,8-9H2,1H3. The van der Waals surface area contributed by atoms with E-state index in [1.165, 1.54) is 5.56 Å². The lowest BCUT2D eigenvalue weighted by molar-refractivity contribution is 0.0516. The van der Waals surface area contributed by atoms with Crippen LogP contribution in [0.25, 0.3) is 10.9 Å². The molecule has 0 spiro atoms. The van der Waals surface area contributed by atoms with Gasteiger partial charge in [-0.1, -0.05) is 30.3 Å². The van der Waals surface area contributed by atoms with E-state index in [4.69, 9.17) is 4.74 Å². The number of ether oxygens (including phenoxy) is 1. The van der Waals surface area contributed by atoms with Crippen molar-refractivity contribution in [3.8, 4) is 5.75 Å². The van der Waals surface area contributed by atoms with Crippen LogP contribution in [0.1, 0.15) is 23.0 Å². The lowest BCUT2D eigenvalue weighted by Crippen LogP contribution is -2.08. The van der Waals surface area contributed by atoms with Crippen LogP contribution in [0, 0.1) is 0 Å². The van der Waals surface area contributed by atoms with Crippen LogP contribution in [-0.2, 0) is 17.7 Å². The van der Waals surface area contributed by atoms with Gasteiger partial charge >= 0.3 is 5.97 Å². The summed E-state index contributed by atoms with van der Waals surface area (Å²) in [7, 11) is 0. The molecule has 0 aliphatic heterocycles. The summed E-state index contributed by atoms with van der Waals surface area (Å²) in [6.45, 7) is 2.63. The first-order valence-corrected chi connectivity index (χ1v) is 9.39. The van der Waals surface area contributed by atoms with Gasteiger partial charge in [-0.05, 0) is 50.8 Å². The lowest BCUT2D eigenvalue weighted by atomic mass is 10.1. The summed E-state index contributed by atoms with van der Waals surface area (Å²) >= 11 is 7.05. The SMILES string of the molecule is CCOC(=O)c1ncc2c(c1O)c(Br)c(Br)n2CCc1ccccc1. The molecule has 0 saturated heterocycles. The van der Waals surface area contributed by atoms with Crippen LogP contribution in [0.15, 0.2) is 45.6 Å². The van der Waals surface area contributed by atoms with Gasteiger partial charge in [0.15, 0.2) is 11.4 Å². The van der Waals surface area contributed by atoms with Gasteiger partial charge in [0.2, 0.25) is 0 Å².